The number of carbonyl (C=O) groups excluding carboxylic acids is 1. The van der Waals surface area contributed by atoms with E-state index in [4.69, 9.17) is 5.11 Å². The van der Waals surface area contributed by atoms with E-state index in [1.807, 2.05) is 0 Å². The Morgan fingerprint density at radius 2 is 1.76 bits per heavy atom. The number of aliphatic carboxylic acids is 1. The highest BCUT2D eigenvalue weighted by Gasteiger charge is 2.23. The zero-order chi connectivity index (χ0) is 16.2. The first-order valence-corrected chi connectivity index (χ1v) is 8.45. The number of rotatable bonds is 6. The molecule has 6 nitrogen and oxygen atoms in total. The van der Waals surface area contributed by atoms with E-state index in [0.29, 0.717) is 5.56 Å². The van der Waals surface area contributed by atoms with E-state index in [1.54, 1.807) is 32.0 Å². The first-order chi connectivity index (χ1) is 9.61. The Kier molecular flexibility index (Phi) is 5.48. The zero-order valence-electron chi connectivity index (χ0n) is 12.2. The molecule has 1 aromatic carbocycles. The Morgan fingerprint density at radius 1 is 1.24 bits per heavy atom. The highest BCUT2D eigenvalue weighted by molar-refractivity contribution is 7.90. The molecule has 0 heterocycles. The van der Waals surface area contributed by atoms with Crippen LogP contribution in [0.3, 0.4) is 0 Å². The quantitative estimate of drug-likeness (QED) is 0.813. The molecule has 1 rings (SSSR count). The van der Waals surface area contributed by atoms with Crippen LogP contribution in [0, 0.1) is 13.8 Å². The van der Waals surface area contributed by atoms with Crippen molar-refractivity contribution in [2.24, 2.45) is 0 Å². The second-order valence-corrected chi connectivity index (χ2v) is 7.31. The number of carboxylic acids is 1. The smallest absolute Gasteiger partial charge is 0.326 e. The summed E-state index contributed by atoms with van der Waals surface area (Å²) in [7, 11) is -3.28. The van der Waals surface area contributed by atoms with Crippen LogP contribution < -0.4 is 5.32 Å². The van der Waals surface area contributed by atoms with Crippen LogP contribution >= 0.6 is 0 Å². The SMILES string of the molecule is Cc1cccc(C)c1C(=O)NC(CCS(C)(=O)=O)C(=O)O. The second-order valence-electron chi connectivity index (χ2n) is 5.05. The van der Waals surface area contributed by atoms with Gasteiger partial charge in [-0.3, -0.25) is 4.79 Å². The van der Waals surface area contributed by atoms with E-state index in [0.717, 1.165) is 17.4 Å². The minimum atomic E-state index is -3.28. The number of carboxylic acid groups (broad SMARTS) is 1. The standard InChI is InChI=1S/C14H19NO5S/c1-9-5-4-6-10(2)12(9)13(16)15-11(14(17)18)7-8-21(3,19)20/h4-6,11H,7-8H2,1-3H3,(H,15,16)(H,17,18). The van der Waals surface area contributed by atoms with Crippen LogP contribution in [0.15, 0.2) is 18.2 Å². The molecule has 0 spiro atoms. The lowest BCUT2D eigenvalue weighted by Crippen LogP contribution is -2.42. The van der Waals surface area contributed by atoms with Crippen LogP contribution in [-0.4, -0.2) is 43.5 Å². The van der Waals surface area contributed by atoms with Crippen LogP contribution in [-0.2, 0) is 14.6 Å². The maximum Gasteiger partial charge on any atom is 0.326 e. The predicted molar refractivity (Wildman–Crippen MR) is 79.1 cm³/mol. The molecule has 0 radical (unpaired) electrons. The van der Waals surface area contributed by atoms with Gasteiger partial charge >= 0.3 is 5.97 Å². The fourth-order valence-corrected chi connectivity index (χ4v) is 2.66. The number of carbonyl (C=O) groups is 2. The first kappa shape index (κ1) is 17.2. The van der Waals surface area contributed by atoms with Crippen LogP contribution in [0.2, 0.25) is 0 Å². The summed E-state index contributed by atoms with van der Waals surface area (Å²) in [6.45, 7) is 3.52. The van der Waals surface area contributed by atoms with Crippen LogP contribution in [0.5, 0.6) is 0 Å². The van der Waals surface area contributed by atoms with Gasteiger partial charge in [-0.15, -0.1) is 0 Å². The highest BCUT2D eigenvalue weighted by Crippen LogP contribution is 2.13. The molecule has 0 aliphatic rings. The lowest BCUT2D eigenvalue weighted by molar-refractivity contribution is -0.139. The molecule has 0 fully saturated rings. The summed E-state index contributed by atoms with van der Waals surface area (Å²) in [4.78, 5) is 23.3. The molecule has 0 bridgehead atoms. The number of benzene rings is 1. The average molecular weight is 313 g/mol. The molecule has 0 saturated carbocycles. The summed E-state index contributed by atoms with van der Waals surface area (Å²) in [6.07, 6.45) is 0.865. The number of aryl methyl sites for hydroxylation is 2. The Bertz CT molecular complexity index is 631. The van der Waals surface area contributed by atoms with Gasteiger partial charge < -0.3 is 10.4 Å². The summed E-state index contributed by atoms with van der Waals surface area (Å²) in [6, 6.07) is 4.09. The summed E-state index contributed by atoms with van der Waals surface area (Å²) < 4.78 is 22.2. The normalized spacial score (nSPS) is 12.7. The lowest BCUT2D eigenvalue weighted by Gasteiger charge is -2.16. The maximum atomic E-state index is 12.2. The van der Waals surface area contributed by atoms with E-state index >= 15 is 0 Å². The van der Waals surface area contributed by atoms with Crippen molar-refractivity contribution in [1.29, 1.82) is 0 Å². The highest BCUT2D eigenvalue weighted by atomic mass is 32.2. The van der Waals surface area contributed by atoms with E-state index in [2.05, 4.69) is 5.32 Å². The van der Waals surface area contributed by atoms with Gasteiger partial charge in [0.2, 0.25) is 0 Å². The van der Waals surface area contributed by atoms with Gasteiger partial charge in [0, 0.05) is 11.8 Å². The van der Waals surface area contributed by atoms with Crippen LogP contribution in [0.25, 0.3) is 0 Å². The number of hydrogen-bond acceptors (Lipinski definition) is 4. The monoisotopic (exact) mass is 313 g/mol. The van der Waals surface area contributed by atoms with Crippen molar-refractivity contribution in [3.63, 3.8) is 0 Å². The molecular weight excluding hydrogens is 294 g/mol. The fourth-order valence-electron chi connectivity index (χ4n) is 1.99. The Morgan fingerprint density at radius 3 is 2.19 bits per heavy atom. The molecule has 1 atom stereocenters. The Labute approximate surface area is 124 Å². The van der Waals surface area contributed by atoms with Crippen molar-refractivity contribution in [2.75, 3.05) is 12.0 Å². The molecule has 21 heavy (non-hydrogen) atoms. The second kappa shape index (κ2) is 6.71. The minimum absolute atomic E-state index is 0.162. The molecule has 1 unspecified atom stereocenters. The molecule has 116 valence electrons. The van der Waals surface area contributed by atoms with Gasteiger partial charge in [0.1, 0.15) is 15.9 Å². The summed E-state index contributed by atoms with van der Waals surface area (Å²) in [5.41, 5.74) is 1.89. The molecule has 1 amide bonds. The average Bonchev–Trinajstić information content (AvgIpc) is 2.32. The third kappa shape index (κ3) is 5.18. The van der Waals surface area contributed by atoms with Crippen LogP contribution in [0.4, 0.5) is 0 Å². The molecular formula is C14H19NO5S. The third-order valence-corrected chi connectivity index (χ3v) is 4.07. The largest absolute Gasteiger partial charge is 0.480 e. The van der Waals surface area contributed by atoms with Crippen molar-refractivity contribution in [3.8, 4) is 0 Å². The number of amides is 1. The fraction of sp³-hybridized carbons (Fsp3) is 0.429. The Hall–Kier alpha value is -1.89. The molecule has 0 aliphatic heterocycles. The van der Waals surface area contributed by atoms with Gasteiger partial charge in [0.25, 0.3) is 5.91 Å². The molecule has 2 N–H and O–H groups in total. The molecule has 0 saturated heterocycles. The molecule has 1 aromatic rings. The lowest BCUT2D eigenvalue weighted by atomic mass is 10.0. The number of hydrogen-bond donors (Lipinski definition) is 2. The summed E-state index contributed by atoms with van der Waals surface area (Å²) in [5, 5.41) is 11.5. The van der Waals surface area contributed by atoms with Gasteiger partial charge in [0.15, 0.2) is 0 Å². The van der Waals surface area contributed by atoms with Crippen molar-refractivity contribution in [2.45, 2.75) is 26.3 Å². The third-order valence-electron chi connectivity index (χ3n) is 3.09. The van der Waals surface area contributed by atoms with E-state index < -0.39 is 27.8 Å². The van der Waals surface area contributed by atoms with E-state index in [-0.39, 0.29) is 12.2 Å². The van der Waals surface area contributed by atoms with Gasteiger partial charge in [-0.05, 0) is 31.4 Å². The van der Waals surface area contributed by atoms with Gasteiger partial charge in [-0.1, -0.05) is 18.2 Å². The number of sulfone groups is 1. The first-order valence-electron chi connectivity index (χ1n) is 6.39. The van der Waals surface area contributed by atoms with Crippen molar-refractivity contribution < 1.29 is 23.1 Å². The predicted octanol–water partition coefficient (Wildman–Crippen LogP) is 0.921. The van der Waals surface area contributed by atoms with Gasteiger partial charge in [-0.2, -0.15) is 0 Å². The van der Waals surface area contributed by atoms with Crippen molar-refractivity contribution >= 4 is 21.7 Å². The van der Waals surface area contributed by atoms with Gasteiger partial charge in [-0.25, -0.2) is 13.2 Å². The maximum absolute atomic E-state index is 12.2. The van der Waals surface area contributed by atoms with E-state index in [1.165, 1.54) is 0 Å². The Balaban J connectivity index is 2.89. The van der Waals surface area contributed by atoms with Gasteiger partial charge in [0.05, 0.1) is 5.75 Å². The van der Waals surface area contributed by atoms with E-state index in [9.17, 15) is 18.0 Å². The van der Waals surface area contributed by atoms with Crippen molar-refractivity contribution in [3.05, 3.63) is 34.9 Å². The molecule has 7 heteroatoms. The van der Waals surface area contributed by atoms with Crippen LogP contribution in [0.1, 0.15) is 27.9 Å². The zero-order valence-corrected chi connectivity index (χ0v) is 13.0. The topological polar surface area (TPSA) is 101 Å². The minimum Gasteiger partial charge on any atom is -0.480 e. The molecule has 0 aliphatic carbocycles. The molecule has 0 aromatic heterocycles. The summed E-state index contributed by atoms with van der Waals surface area (Å²) >= 11 is 0. The summed E-state index contributed by atoms with van der Waals surface area (Å²) in [5.74, 6) is -2.05. The van der Waals surface area contributed by atoms with Crippen molar-refractivity contribution in [1.82, 2.24) is 5.32 Å². The number of nitrogens with one attached hydrogen (secondary N) is 1.